The Bertz CT molecular complexity index is 1300. The molecular formula is C26H23N3O3S2. The summed E-state index contributed by atoms with van der Waals surface area (Å²) < 4.78 is 12.5. The van der Waals surface area contributed by atoms with Gasteiger partial charge < -0.3 is 14.8 Å². The number of methoxy groups -OCH3 is 1. The van der Waals surface area contributed by atoms with E-state index < -0.39 is 0 Å². The normalized spacial score (nSPS) is 17.3. The van der Waals surface area contributed by atoms with Gasteiger partial charge in [-0.1, -0.05) is 29.8 Å². The molecule has 6 nitrogen and oxygen atoms in total. The van der Waals surface area contributed by atoms with E-state index >= 15 is 0 Å². The van der Waals surface area contributed by atoms with Crippen molar-refractivity contribution in [1.29, 1.82) is 0 Å². The number of aromatic nitrogens is 1. The zero-order valence-corrected chi connectivity index (χ0v) is 20.4. The van der Waals surface area contributed by atoms with E-state index in [1.165, 1.54) is 17.3 Å². The number of anilines is 1. The highest BCUT2D eigenvalue weighted by molar-refractivity contribution is 8.00. The fourth-order valence-corrected chi connectivity index (χ4v) is 5.61. The SMILES string of the molecule is COc1ccc(NC(=O)CS[C@H]2OC(c3ccc(C)cc3)=N[C@H]2c2nc3ccccc3s2)cc1. The summed E-state index contributed by atoms with van der Waals surface area (Å²) in [5.74, 6) is 1.45. The first-order valence-corrected chi connectivity index (χ1v) is 12.7. The minimum absolute atomic E-state index is 0.106. The highest BCUT2D eigenvalue weighted by atomic mass is 32.2. The van der Waals surface area contributed by atoms with Crippen LogP contribution in [-0.4, -0.2) is 35.1 Å². The number of thiazole rings is 1. The quantitative estimate of drug-likeness (QED) is 0.354. The second-order valence-corrected chi connectivity index (χ2v) is 9.99. The van der Waals surface area contributed by atoms with E-state index in [-0.39, 0.29) is 23.1 Å². The highest BCUT2D eigenvalue weighted by Crippen LogP contribution is 2.40. The first-order valence-electron chi connectivity index (χ1n) is 10.8. The number of carbonyl (C=O) groups is 1. The Hall–Kier alpha value is -3.36. The lowest BCUT2D eigenvalue weighted by Crippen LogP contribution is -2.19. The molecule has 1 N–H and O–H groups in total. The monoisotopic (exact) mass is 489 g/mol. The number of rotatable bonds is 7. The van der Waals surface area contributed by atoms with E-state index in [1.54, 1.807) is 18.4 Å². The molecule has 1 aliphatic rings. The number of fused-ring (bicyclic) bond motifs is 1. The Morgan fingerprint density at radius 1 is 1.09 bits per heavy atom. The first-order chi connectivity index (χ1) is 16.6. The molecule has 3 aromatic carbocycles. The zero-order valence-electron chi connectivity index (χ0n) is 18.7. The van der Waals surface area contributed by atoms with Gasteiger partial charge in [0.15, 0.2) is 11.5 Å². The Morgan fingerprint density at radius 3 is 2.59 bits per heavy atom. The average Bonchev–Trinajstić information content (AvgIpc) is 3.48. The Kier molecular flexibility index (Phi) is 6.51. The number of thioether (sulfide) groups is 1. The van der Waals surface area contributed by atoms with Crippen LogP contribution in [0, 0.1) is 6.92 Å². The summed E-state index contributed by atoms with van der Waals surface area (Å²) in [5, 5.41) is 3.81. The molecule has 1 amide bonds. The van der Waals surface area contributed by atoms with Crippen LogP contribution in [0.15, 0.2) is 77.8 Å². The number of nitrogens with one attached hydrogen (secondary N) is 1. The van der Waals surface area contributed by atoms with E-state index in [0.29, 0.717) is 5.90 Å². The molecule has 2 atom stereocenters. The van der Waals surface area contributed by atoms with Crippen LogP contribution in [-0.2, 0) is 9.53 Å². The molecule has 0 saturated carbocycles. The van der Waals surface area contributed by atoms with E-state index in [1.807, 2.05) is 73.7 Å². The minimum atomic E-state index is -0.349. The molecule has 8 heteroatoms. The van der Waals surface area contributed by atoms with Gasteiger partial charge in [-0.05, 0) is 55.5 Å². The van der Waals surface area contributed by atoms with Gasteiger partial charge in [0.1, 0.15) is 10.8 Å². The molecule has 2 heterocycles. The molecule has 172 valence electrons. The molecule has 5 rings (SSSR count). The van der Waals surface area contributed by atoms with Crippen molar-refractivity contribution in [3.8, 4) is 5.75 Å². The van der Waals surface area contributed by atoms with Gasteiger partial charge in [0.25, 0.3) is 0 Å². The molecule has 0 radical (unpaired) electrons. The van der Waals surface area contributed by atoms with Crippen LogP contribution in [0.4, 0.5) is 5.69 Å². The maximum atomic E-state index is 12.6. The highest BCUT2D eigenvalue weighted by Gasteiger charge is 2.36. The number of carbonyl (C=O) groups excluding carboxylic acids is 1. The average molecular weight is 490 g/mol. The van der Waals surface area contributed by atoms with E-state index in [0.717, 1.165) is 32.2 Å². The number of hydrogen-bond donors (Lipinski definition) is 1. The molecule has 1 aliphatic heterocycles. The fourth-order valence-electron chi connectivity index (χ4n) is 3.57. The second-order valence-electron chi connectivity index (χ2n) is 7.84. The van der Waals surface area contributed by atoms with Gasteiger partial charge in [0.05, 0.1) is 23.1 Å². The van der Waals surface area contributed by atoms with Crippen molar-refractivity contribution in [3.63, 3.8) is 0 Å². The van der Waals surface area contributed by atoms with Crippen LogP contribution < -0.4 is 10.1 Å². The molecule has 0 aliphatic carbocycles. The van der Waals surface area contributed by atoms with Crippen molar-refractivity contribution in [2.24, 2.45) is 4.99 Å². The second kappa shape index (κ2) is 9.87. The van der Waals surface area contributed by atoms with Gasteiger partial charge >= 0.3 is 0 Å². The predicted octanol–water partition coefficient (Wildman–Crippen LogP) is 5.83. The third kappa shape index (κ3) is 4.93. The third-order valence-corrected chi connectivity index (χ3v) is 7.57. The van der Waals surface area contributed by atoms with Crippen molar-refractivity contribution < 1.29 is 14.3 Å². The van der Waals surface area contributed by atoms with Crippen LogP contribution in [0.2, 0.25) is 0 Å². The molecule has 0 bridgehead atoms. The molecular weight excluding hydrogens is 466 g/mol. The van der Waals surface area contributed by atoms with Gasteiger partial charge in [0.2, 0.25) is 11.8 Å². The van der Waals surface area contributed by atoms with Crippen molar-refractivity contribution in [2.75, 3.05) is 18.2 Å². The minimum Gasteiger partial charge on any atom is -0.497 e. The lowest BCUT2D eigenvalue weighted by molar-refractivity contribution is -0.113. The number of aryl methyl sites for hydroxylation is 1. The maximum absolute atomic E-state index is 12.6. The van der Waals surface area contributed by atoms with Crippen molar-refractivity contribution in [2.45, 2.75) is 18.4 Å². The van der Waals surface area contributed by atoms with Crippen molar-refractivity contribution in [3.05, 3.63) is 88.9 Å². The Labute approximate surface area is 206 Å². The van der Waals surface area contributed by atoms with Crippen LogP contribution in [0.3, 0.4) is 0 Å². The summed E-state index contributed by atoms with van der Waals surface area (Å²) in [5.41, 5.74) is 3.41. The summed E-state index contributed by atoms with van der Waals surface area (Å²) in [6, 6.07) is 23.1. The van der Waals surface area contributed by atoms with Gasteiger partial charge in [-0.25, -0.2) is 9.98 Å². The predicted molar refractivity (Wildman–Crippen MR) is 139 cm³/mol. The van der Waals surface area contributed by atoms with Crippen molar-refractivity contribution >= 4 is 50.8 Å². The summed E-state index contributed by atoms with van der Waals surface area (Å²) in [7, 11) is 1.61. The first kappa shape index (κ1) is 22.4. The van der Waals surface area contributed by atoms with Gasteiger partial charge in [-0.15, -0.1) is 23.1 Å². The zero-order chi connectivity index (χ0) is 23.5. The molecule has 0 saturated heterocycles. The molecule has 4 aromatic rings. The smallest absolute Gasteiger partial charge is 0.234 e. The maximum Gasteiger partial charge on any atom is 0.234 e. The van der Waals surface area contributed by atoms with Crippen LogP contribution in [0.1, 0.15) is 22.2 Å². The standard InChI is InChI=1S/C26H23N3O3S2/c1-16-7-9-17(10-8-16)24-29-23(25-28-20-5-3-4-6-21(20)34-25)26(32-24)33-15-22(30)27-18-11-13-19(31-2)14-12-18/h3-14,23,26H,15H2,1-2H3,(H,27,30)/t23-,26+/m0/s1. The van der Waals surface area contributed by atoms with E-state index in [9.17, 15) is 4.79 Å². The number of hydrogen-bond acceptors (Lipinski definition) is 7. The van der Waals surface area contributed by atoms with Crippen LogP contribution >= 0.6 is 23.1 Å². The molecule has 0 fully saturated rings. The summed E-state index contributed by atoms with van der Waals surface area (Å²) in [4.78, 5) is 22.3. The number of ether oxygens (including phenoxy) is 2. The molecule has 34 heavy (non-hydrogen) atoms. The third-order valence-electron chi connectivity index (χ3n) is 5.36. The van der Waals surface area contributed by atoms with Gasteiger partial charge in [-0.3, -0.25) is 4.79 Å². The summed E-state index contributed by atoms with van der Waals surface area (Å²) in [6.45, 7) is 2.05. The van der Waals surface area contributed by atoms with E-state index in [4.69, 9.17) is 19.5 Å². The summed E-state index contributed by atoms with van der Waals surface area (Å²) >= 11 is 3.04. The molecule has 0 unspecified atom stereocenters. The number of benzene rings is 3. The lowest BCUT2D eigenvalue weighted by Gasteiger charge is -2.15. The fraction of sp³-hybridized carbons (Fsp3) is 0.192. The number of aliphatic imine (C=N–C) groups is 1. The topological polar surface area (TPSA) is 72.8 Å². The number of amides is 1. The summed E-state index contributed by atoms with van der Waals surface area (Å²) in [6.07, 6.45) is 0. The molecule has 1 aromatic heterocycles. The van der Waals surface area contributed by atoms with Crippen molar-refractivity contribution in [1.82, 2.24) is 4.98 Å². The van der Waals surface area contributed by atoms with Gasteiger partial charge in [0, 0.05) is 11.3 Å². The van der Waals surface area contributed by atoms with E-state index in [2.05, 4.69) is 11.4 Å². The Balaban J connectivity index is 1.33. The van der Waals surface area contributed by atoms with Crippen LogP contribution in [0.25, 0.3) is 10.2 Å². The molecule has 0 spiro atoms. The number of para-hydroxylation sites is 1. The largest absolute Gasteiger partial charge is 0.497 e. The number of nitrogens with zero attached hydrogens (tertiary/aromatic N) is 2. The van der Waals surface area contributed by atoms with Gasteiger partial charge in [-0.2, -0.15) is 0 Å². The Morgan fingerprint density at radius 2 is 1.85 bits per heavy atom. The lowest BCUT2D eigenvalue weighted by atomic mass is 10.1. The van der Waals surface area contributed by atoms with Crippen LogP contribution in [0.5, 0.6) is 5.75 Å².